The van der Waals surface area contributed by atoms with E-state index < -0.39 is 0 Å². The van der Waals surface area contributed by atoms with Crippen LogP contribution in [-0.2, 0) is 7.05 Å². The lowest BCUT2D eigenvalue weighted by atomic mass is 10.0. The van der Waals surface area contributed by atoms with Crippen LogP contribution in [0, 0.1) is 0 Å². The van der Waals surface area contributed by atoms with Crippen LogP contribution in [0.5, 0.6) is 0 Å². The molecule has 0 saturated heterocycles. The van der Waals surface area contributed by atoms with Gasteiger partial charge in [0.1, 0.15) is 0 Å². The molecule has 16 heavy (non-hydrogen) atoms. The number of nitrogens with zero attached hydrogens (tertiary/aromatic N) is 2. The van der Waals surface area contributed by atoms with E-state index in [1.54, 1.807) is 4.68 Å². The Morgan fingerprint density at radius 2 is 2.12 bits per heavy atom. The molecule has 0 spiro atoms. The molecule has 4 nitrogen and oxygen atoms in total. The Labute approximate surface area is 102 Å². The van der Waals surface area contributed by atoms with Crippen molar-refractivity contribution in [2.24, 2.45) is 7.05 Å². The molecule has 92 valence electrons. The second kappa shape index (κ2) is 5.48. The van der Waals surface area contributed by atoms with Crippen molar-refractivity contribution < 1.29 is 0 Å². The molecule has 0 aliphatic heterocycles. The normalized spacial score (nSPS) is 11.8. The highest BCUT2D eigenvalue weighted by Gasteiger charge is 2.25. The zero-order valence-corrected chi connectivity index (χ0v) is 11.4. The molecule has 1 rings (SSSR count). The summed E-state index contributed by atoms with van der Waals surface area (Å²) in [5.74, 6) is 0.794. The van der Waals surface area contributed by atoms with Crippen LogP contribution in [0.4, 0.5) is 11.5 Å². The largest absolute Gasteiger partial charge is 0.394 e. The highest BCUT2D eigenvalue weighted by Crippen LogP contribution is 2.31. The maximum absolute atomic E-state index is 5.84. The van der Waals surface area contributed by atoms with Gasteiger partial charge in [0.2, 0.25) is 0 Å². The summed E-state index contributed by atoms with van der Waals surface area (Å²) in [4.78, 5) is 0. The van der Waals surface area contributed by atoms with Crippen molar-refractivity contribution in [2.45, 2.75) is 31.4 Å². The summed E-state index contributed by atoms with van der Waals surface area (Å²) in [5, 5.41) is 7.64. The molecule has 0 saturated carbocycles. The summed E-state index contributed by atoms with van der Waals surface area (Å²) in [6.45, 7) is 5.36. The lowest BCUT2D eigenvalue weighted by Gasteiger charge is -2.29. The first-order chi connectivity index (χ1) is 7.56. The van der Waals surface area contributed by atoms with Gasteiger partial charge in [-0.2, -0.15) is 16.9 Å². The summed E-state index contributed by atoms with van der Waals surface area (Å²) in [6.07, 6.45) is 6.27. The molecule has 0 fully saturated rings. The average Bonchev–Trinajstić information content (AvgIpc) is 2.60. The quantitative estimate of drug-likeness (QED) is 0.804. The first-order valence-electron chi connectivity index (χ1n) is 5.65. The fourth-order valence-electron chi connectivity index (χ4n) is 1.75. The third kappa shape index (κ3) is 2.84. The molecule has 0 atom stereocenters. The van der Waals surface area contributed by atoms with Crippen molar-refractivity contribution in [1.29, 1.82) is 0 Å². The third-order valence-electron chi connectivity index (χ3n) is 3.16. The Kier molecular flexibility index (Phi) is 4.53. The molecule has 3 N–H and O–H groups in total. The molecule has 0 radical (unpaired) electrons. The lowest BCUT2D eigenvalue weighted by molar-refractivity contribution is 0.573. The summed E-state index contributed by atoms with van der Waals surface area (Å²) < 4.78 is 2.01. The Morgan fingerprint density at radius 3 is 2.50 bits per heavy atom. The molecule has 1 aromatic heterocycles. The van der Waals surface area contributed by atoms with Gasteiger partial charge in [-0.3, -0.25) is 4.68 Å². The van der Waals surface area contributed by atoms with E-state index in [0.717, 1.165) is 25.2 Å². The van der Waals surface area contributed by atoms with E-state index in [2.05, 4.69) is 30.5 Å². The Bertz CT molecular complexity index is 322. The molecule has 5 heteroatoms. The number of anilines is 2. The average molecular weight is 242 g/mol. The molecule has 0 unspecified atom stereocenters. The van der Waals surface area contributed by atoms with Gasteiger partial charge >= 0.3 is 0 Å². The molecular formula is C11H22N4S. The number of nitrogen functional groups attached to an aromatic ring is 1. The minimum absolute atomic E-state index is 0.282. The summed E-state index contributed by atoms with van der Waals surface area (Å²) in [6, 6.07) is 0. The van der Waals surface area contributed by atoms with Gasteiger partial charge in [0.05, 0.1) is 5.69 Å². The van der Waals surface area contributed by atoms with Crippen LogP contribution in [0.1, 0.15) is 26.7 Å². The number of nitrogens with two attached hydrogens (primary N) is 1. The molecular weight excluding hydrogens is 220 g/mol. The highest BCUT2D eigenvalue weighted by atomic mass is 32.2. The predicted molar refractivity (Wildman–Crippen MR) is 72.9 cm³/mol. The first kappa shape index (κ1) is 13.2. The topological polar surface area (TPSA) is 55.9 Å². The van der Waals surface area contributed by atoms with E-state index in [-0.39, 0.29) is 4.75 Å². The van der Waals surface area contributed by atoms with Crippen LogP contribution in [0.15, 0.2) is 6.20 Å². The first-order valence-corrected chi connectivity index (χ1v) is 6.87. The Balaban J connectivity index is 2.65. The zero-order chi connectivity index (χ0) is 12.2. The second-order valence-corrected chi connectivity index (χ2v) is 5.33. The maximum Gasteiger partial charge on any atom is 0.171 e. The van der Waals surface area contributed by atoms with Crippen molar-refractivity contribution in [3.63, 3.8) is 0 Å². The monoisotopic (exact) mass is 242 g/mol. The van der Waals surface area contributed by atoms with Gasteiger partial charge in [-0.1, -0.05) is 13.8 Å². The predicted octanol–water partition coefficient (Wildman–Crippen LogP) is 2.34. The molecule has 0 aliphatic carbocycles. The van der Waals surface area contributed by atoms with Crippen LogP contribution in [0.2, 0.25) is 0 Å². The fourth-order valence-corrected chi connectivity index (χ4v) is 2.54. The maximum atomic E-state index is 5.84. The summed E-state index contributed by atoms with van der Waals surface area (Å²) >= 11 is 1.91. The van der Waals surface area contributed by atoms with Gasteiger partial charge in [-0.25, -0.2) is 0 Å². The summed E-state index contributed by atoms with van der Waals surface area (Å²) in [5.41, 5.74) is 6.56. The van der Waals surface area contributed by atoms with E-state index in [1.165, 1.54) is 0 Å². The van der Waals surface area contributed by atoms with Crippen molar-refractivity contribution in [3.8, 4) is 0 Å². The van der Waals surface area contributed by atoms with Crippen molar-refractivity contribution in [1.82, 2.24) is 9.78 Å². The Hall–Kier alpha value is -0.840. The number of thioether (sulfide) groups is 1. The number of hydrogen-bond acceptors (Lipinski definition) is 4. The van der Waals surface area contributed by atoms with Gasteiger partial charge in [0.25, 0.3) is 0 Å². The van der Waals surface area contributed by atoms with Crippen LogP contribution >= 0.6 is 11.8 Å². The van der Waals surface area contributed by atoms with Crippen LogP contribution in [0.25, 0.3) is 0 Å². The molecule has 0 aliphatic rings. The lowest BCUT2D eigenvalue weighted by Crippen LogP contribution is -2.32. The van der Waals surface area contributed by atoms with Crippen molar-refractivity contribution in [2.75, 3.05) is 23.9 Å². The highest BCUT2D eigenvalue weighted by molar-refractivity contribution is 8.00. The van der Waals surface area contributed by atoms with Crippen LogP contribution < -0.4 is 11.1 Å². The fraction of sp³-hybridized carbons (Fsp3) is 0.727. The standard InChI is InChI=1S/C11H22N4S/c1-5-11(6-2,16-4)8-13-10-9(12)7-15(3)14-10/h7H,5-6,8,12H2,1-4H3,(H,13,14). The van der Waals surface area contributed by atoms with Gasteiger partial charge < -0.3 is 11.1 Å². The molecule has 0 bridgehead atoms. The van der Waals surface area contributed by atoms with Gasteiger partial charge in [-0.05, 0) is 19.1 Å². The Morgan fingerprint density at radius 1 is 1.50 bits per heavy atom. The van der Waals surface area contributed by atoms with E-state index in [9.17, 15) is 0 Å². The second-order valence-electron chi connectivity index (χ2n) is 4.05. The number of rotatable bonds is 6. The number of aryl methyl sites for hydroxylation is 1. The van der Waals surface area contributed by atoms with Crippen LogP contribution in [0.3, 0.4) is 0 Å². The zero-order valence-electron chi connectivity index (χ0n) is 10.6. The molecule has 1 aromatic rings. The van der Waals surface area contributed by atoms with Gasteiger partial charge in [0.15, 0.2) is 5.82 Å². The SMILES string of the molecule is CCC(CC)(CNc1nn(C)cc1N)SC. The minimum atomic E-state index is 0.282. The number of aromatic nitrogens is 2. The number of hydrogen-bond donors (Lipinski definition) is 2. The summed E-state index contributed by atoms with van der Waals surface area (Å²) in [7, 11) is 1.88. The molecule has 1 heterocycles. The molecule has 0 aromatic carbocycles. The van der Waals surface area contributed by atoms with E-state index >= 15 is 0 Å². The van der Waals surface area contributed by atoms with E-state index in [4.69, 9.17) is 5.73 Å². The minimum Gasteiger partial charge on any atom is -0.394 e. The third-order valence-corrected chi connectivity index (χ3v) is 4.74. The van der Waals surface area contributed by atoms with Crippen LogP contribution in [-0.4, -0.2) is 27.3 Å². The van der Waals surface area contributed by atoms with Crippen molar-refractivity contribution >= 4 is 23.3 Å². The van der Waals surface area contributed by atoms with Crippen molar-refractivity contribution in [3.05, 3.63) is 6.20 Å². The smallest absolute Gasteiger partial charge is 0.171 e. The number of nitrogens with one attached hydrogen (secondary N) is 1. The van der Waals surface area contributed by atoms with Gasteiger partial charge in [-0.15, -0.1) is 0 Å². The van der Waals surface area contributed by atoms with Gasteiger partial charge in [0, 0.05) is 24.5 Å². The van der Waals surface area contributed by atoms with E-state index in [1.807, 2.05) is 25.0 Å². The van der Waals surface area contributed by atoms with E-state index in [0.29, 0.717) is 5.69 Å². The molecule has 0 amide bonds.